The number of hydrogen-bond acceptors (Lipinski definition) is 5. The van der Waals surface area contributed by atoms with Gasteiger partial charge in [0.15, 0.2) is 0 Å². The van der Waals surface area contributed by atoms with Crippen molar-refractivity contribution in [2.45, 2.75) is 31.4 Å². The molecular weight excluding hydrogens is 234 g/mol. The second-order valence-electron chi connectivity index (χ2n) is 3.48. The summed E-state index contributed by atoms with van der Waals surface area (Å²) in [6.45, 7) is 0.400. The van der Waals surface area contributed by atoms with E-state index in [0.717, 1.165) is 0 Å². The number of β-amino-alcohol motifs (C(OH)–C–C–N with tert-alkyl or cyclic N) is 1. The van der Waals surface area contributed by atoms with E-state index in [4.69, 9.17) is 20.4 Å². The summed E-state index contributed by atoms with van der Waals surface area (Å²) in [4.78, 5) is 29.5. The van der Waals surface area contributed by atoms with Gasteiger partial charge in [-0.1, -0.05) is 0 Å². The molecule has 0 radical (unpaired) electrons. The number of rotatable bonds is 4. The summed E-state index contributed by atoms with van der Waals surface area (Å²) < 4.78 is 0. The van der Waals surface area contributed by atoms with Crippen molar-refractivity contribution in [3.63, 3.8) is 0 Å². The Labute approximate surface area is 96.9 Å². The van der Waals surface area contributed by atoms with Crippen molar-refractivity contribution in [3.05, 3.63) is 0 Å². The number of aliphatic hydroxyl groups excluding tert-OH is 1. The van der Waals surface area contributed by atoms with Crippen LogP contribution in [-0.4, -0.2) is 57.0 Å². The molecule has 0 aromatic heterocycles. The molecule has 0 bridgehead atoms. The molecule has 5 N–H and O–H groups in total. The summed E-state index contributed by atoms with van der Waals surface area (Å²) in [6, 6.07) is -0.542. The fraction of sp³-hybridized carbons (Fsp3) is 0.667. The van der Waals surface area contributed by atoms with Crippen LogP contribution in [-0.2, 0) is 14.4 Å². The molecule has 1 heterocycles. The highest BCUT2D eigenvalue weighted by atomic mass is 16.4. The Kier molecular flexibility index (Phi) is 6.83. The SMILES string of the molecule is O=C(O)CCC(=O)O.O=C(O)[C@@H]1CC(O)CN1. The Morgan fingerprint density at radius 1 is 1.06 bits per heavy atom. The van der Waals surface area contributed by atoms with Crippen LogP contribution in [0.25, 0.3) is 0 Å². The Morgan fingerprint density at radius 3 is 1.71 bits per heavy atom. The fourth-order valence-electron chi connectivity index (χ4n) is 1.12. The summed E-state index contributed by atoms with van der Waals surface area (Å²) in [7, 11) is 0. The van der Waals surface area contributed by atoms with Crippen molar-refractivity contribution in [1.82, 2.24) is 5.32 Å². The summed E-state index contributed by atoms with van der Waals surface area (Å²) in [6.07, 6.45) is -0.744. The zero-order valence-corrected chi connectivity index (χ0v) is 9.00. The van der Waals surface area contributed by atoms with Gasteiger partial charge in [0.05, 0.1) is 18.9 Å². The molecule has 98 valence electrons. The molecule has 2 atom stereocenters. The number of carboxylic acids is 3. The molecule has 1 fully saturated rings. The Hall–Kier alpha value is -1.67. The van der Waals surface area contributed by atoms with Gasteiger partial charge in [0.2, 0.25) is 0 Å². The molecule has 1 unspecified atom stereocenters. The third kappa shape index (κ3) is 8.17. The molecule has 0 saturated carbocycles. The number of hydrogen-bond donors (Lipinski definition) is 5. The second-order valence-corrected chi connectivity index (χ2v) is 3.48. The van der Waals surface area contributed by atoms with Crippen molar-refractivity contribution >= 4 is 17.9 Å². The lowest BCUT2D eigenvalue weighted by molar-refractivity contribution is -0.143. The molecule has 1 aliphatic rings. The molecule has 1 rings (SSSR count). The van der Waals surface area contributed by atoms with Gasteiger partial charge >= 0.3 is 17.9 Å². The van der Waals surface area contributed by atoms with E-state index in [1.165, 1.54) is 0 Å². The van der Waals surface area contributed by atoms with Crippen LogP contribution in [0.15, 0.2) is 0 Å². The van der Waals surface area contributed by atoms with E-state index >= 15 is 0 Å². The molecule has 8 heteroatoms. The van der Waals surface area contributed by atoms with Gasteiger partial charge in [-0.2, -0.15) is 0 Å². The zero-order valence-electron chi connectivity index (χ0n) is 9.00. The maximum atomic E-state index is 10.2. The number of carboxylic acid groups (broad SMARTS) is 3. The number of nitrogens with one attached hydrogen (secondary N) is 1. The highest BCUT2D eigenvalue weighted by Crippen LogP contribution is 2.05. The average molecular weight is 249 g/mol. The summed E-state index contributed by atoms with van der Waals surface area (Å²) in [5.41, 5.74) is 0. The van der Waals surface area contributed by atoms with Crippen LogP contribution in [0.2, 0.25) is 0 Å². The fourth-order valence-corrected chi connectivity index (χ4v) is 1.12. The van der Waals surface area contributed by atoms with Crippen molar-refractivity contribution in [3.8, 4) is 0 Å². The maximum absolute atomic E-state index is 10.2. The average Bonchev–Trinajstić information content (AvgIpc) is 2.63. The van der Waals surface area contributed by atoms with Gasteiger partial charge in [-0.3, -0.25) is 14.4 Å². The van der Waals surface area contributed by atoms with E-state index in [2.05, 4.69) is 5.32 Å². The van der Waals surface area contributed by atoms with Crippen molar-refractivity contribution in [1.29, 1.82) is 0 Å². The number of carbonyl (C=O) groups is 3. The van der Waals surface area contributed by atoms with Crippen LogP contribution in [0.5, 0.6) is 0 Å². The lowest BCUT2D eigenvalue weighted by Gasteiger charge is -1.99. The lowest BCUT2D eigenvalue weighted by atomic mass is 10.2. The van der Waals surface area contributed by atoms with Crippen LogP contribution in [0.3, 0.4) is 0 Å². The molecule has 0 aromatic rings. The van der Waals surface area contributed by atoms with E-state index in [-0.39, 0.29) is 12.8 Å². The van der Waals surface area contributed by atoms with Gasteiger partial charge in [-0.05, 0) is 0 Å². The van der Waals surface area contributed by atoms with E-state index in [1.54, 1.807) is 0 Å². The minimum Gasteiger partial charge on any atom is -0.481 e. The van der Waals surface area contributed by atoms with Gasteiger partial charge in [-0.15, -0.1) is 0 Å². The largest absolute Gasteiger partial charge is 0.481 e. The molecular formula is C9H15NO7. The lowest BCUT2D eigenvalue weighted by Crippen LogP contribution is -2.29. The molecule has 0 aliphatic carbocycles. The monoisotopic (exact) mass is 249 g/mol. The minimum atomic E-state index is -1.08. The standard InChI is InChI=1S/C5H9NO3.C4H6O4/c7-3-1-4(5(8)9)6-2-3;5-3(6)1-2-4(7)8/h3-4,6-7H,1-2H2,(H,8,9);1-2H2,(H,5,6)(H,7,8)/t3?,4-;/m0./s1. The number of aliphatic hydroxyl groups is 1. The first-order valence-electron chi connectivity index (χ1n) is 4.90. The van der Waals surface area contributed by atoms with Gasteiger partial charge in [-0.25, -0.2) is 0 Å². The molecule has 0 spiro atoms. The van der Waals surface area contributed by atoms with Crippen molar-refractivity contribution in [2.24, 2.45) is 0 Å². The third-order valence-electron chi connectivity index (χ3n) is 1.96. The van der Waals surface area contributed by atoms with E-state index in [1.807, 2.05) is 0 Å². The molecule has 8 nitrogen and oxygen atoms in total. The van der Waals surface area contributed by atoms with Gasteiger partial charge in [0.25, 0.3) is 0 Å². The quantitative estimate of drug-likeness (QED) is 0.414. The minimum absolute atomic E-state index is 0.296. The normalized spacial score (nSPS) is 22.4. The molecule has 1 aliphatic heterocycles. The van der Waals surface area contributed by atoms with Gasteiger partial charge in [0, 0.05) is 13.0 Å². The van der Waals surface area contributed by atoms with E-state index < -0.39 is 30.1 Å². The smallest absolute Gasteiger partial charge is 0.320 e. The summed E-state index contributed by atoms with van der Waals surface area (Å²) >= 11 is 0. The predicted molar refractivity (Wildman–Crippen MR) is 54.6 cm³/mol. The van der Waals surface area contributed by atoms with Crippen LogP contribution in [0.1, 0.15) is 19.3 Å². The topological polar surface area (TPSA) is 144 Å². The van der Waals surface area contributed by atoms with E-state index in [0.29, 0.717) is 13.0 Å². The molecule has 0 amide bonds. The zero-order chi connectivity index (χ0) is 13.4. The highest BCUT2D eigenvalue weighted by Gasteiger charge is 2.27. The van der Waals surface area contributed by atoms with Crippen molar-refractivity contribution < 1.29 is 34.8 Å². The van der Waals surface area contributed by atoms with Crippen LogP contribution in [0, 0.1) is 0 Å². The van der Waals surface area contributed by atoms with Gasteiger partial charge in [0.1, 0.15) is 6.04 Å². The van der Waals surface area contributed by atoms with Crippen LogP contribution >= 0.6 is 0 Å². The first-order valence-corrected chi connectivity index (χ1v) is 4.90. The molecule has 1 saturated heterocycles. The molecule has 17 heavy (non-hydrogen) atoms. The first-order chi connectivity index (χ1) is 7.82. The Balaban J connectivity index is 0.000000304. The van der Waals surface area contributed by atoms with Crippen LogP contribution < -0.4 is 5.32 Å². The molecule has 0 aromatic carbocycles. The Bertz CT molecular complexity index is 277. The maximum Gasteiger partial charge on any atom is 0.320 e. The Morgan fingerprint density at radius 2 is 1.53 bits per heavy atom. The number of aliphatic carboxylic acids is 3. The summed E-state index contributed by atoms with van der Waals surface area (Å²) in [5.74, 6) is -3.04. The first kappa shape index (κ1) is 15.3. The van der Waals surface area contributed by atoms with Crippen molar-refractivity contribution in [2.75, 3.05) is 6.54 Å². The van der Waals surface area contributed by atoms with Crippen LogP contribution in [0.4, 0.5) is 0 Å². The summed E-state index contributed by atoms with van der Waals surface area (Å²) in [5, 5.41) is 35.6. The van der Waals surface area contributed by atoms with E-state index in [9.17, 15) is 14.4 Å². The van der Waals surface area contributed by atoms with Gasteiger partial charge < -0.3 is 25.7 Å². The highest BCUT2D eigenvalue weighted by molar-refractivity contribution is 5.75. The predicted octanol–water partition coefficient (Wildman–Crippen LogP) is -1.27. The second kappa shape index (κ2) is 7.58. The third-order valence-corrected chi connectivity index (χ3v) is 1.96.